The normalized spacial score (nSPS) is 23.0. The zero-order valence-electron chi connectivity index (χ0n) is 10.6. The van der Waals surface area contributed by atoms with Gasteiger partial charge in [-0.15, -0.1) is 0 Å². The molecule has 1 rings (SSSR count). The van der Waals surface area contributed by atoms with E-state index < -0.39 is 11.4 Å². The van der Waals surface area contributed by atoms with Crippen LogP contribution in [-0.4, -0.2) is 23.5 Å². The van der Waals surface area contributed by atoms with Gasteiger partial charge in [0.05, 0.1) is 11.8 Å². The Kier molecular flexibility index (Phi) is 5.45. The van der Waals surface area contributed by atoms with Crippen LogP contribution in [0.5, 0.6) is 0 Å². The second-order valence-electron chi connectivity index (χ2n) is 5.05. The summed E-state index contributed by atoms with van der Waals surface area (Å²) in [6.45, 7) is 2.72. The molecule has 0 radical (unpaired) electrons. The van der Waals surface area contributed by atoms with E-state index in [9.17, 15) is 9.59 Å². The first kappa shape index (κ1) is 14.0. The van der Waals surface area contributed by atoms with Gasteiger partial charge in [0.1, 0.15) is 0 Å². The summed E-state index contributed by atoms with van der Waals surface area (Å²) in [7, 11) is 0. The average Bonchev–Trinajstić information content (AvgIpc) is 2.29. The van der Waals surface area contributed by atoms with Crippen molar-refractivity contribution in [2.24, 2.45) is 5.41 Å². The third-order valence-electron chi connectivity index (χ3n) is 3.57. The topological polar surface area (TPSA) is 66.4 Å². The summed E-state index contributed by atoms with van der Waals surface area (Å²) in [4.78, 5) is 22.2. The lowest BCUT2D eigenvalue weighted by Gasteiger charge is -2.39. The zero-order valence-corrected chi connectivity index (χ0v) is 10.6. The van der Waals surface area contributed by atoms with Crippen molar-refractivity contribution in [1.29, 1.82) is 0 Å². The van der Waals surface area contributed by atoms with E-state index in [4.69, 9.17) is 5.11 Å². The summed E-state index contributed by atoms with van der Waals surface area (Å²) < 4.78 is 0. The molecule has 1 unspecified atom stereocenters. The summed E-state index contributed by atoms with van der Waals surface area (Å²) in [6.07, 6.45) is 7.70. The molecule has 2 N–H and O–H groups in total. The van der Waals surface area contributed by atoms with Crippen LogP contribution in [0.1, 0.15) is 58.3 Å². The second kappa shape index (κ2) is 6.62. The molecule has 1 amide bonds. The molecule has 0 spiro atoms. The van der Waals surface area contributed by atoms with Crippen LogP contribution < -0.4 is 5.32 Å². The second-order valence-corrected chi connectivity index (χ2v) is 5.05. The highest BCUT2D eigenvalue weighted by Gasteiger charge is 2.47. The van der Waals surface area contributed by atoms with Crippen LogP contribution in [0.2, 0.25) is 0 Å². The maximum absolute atomic E-state index is 11.5. The van der Waals surface area contributed by atoms with E-state index in [1.54, 1.807) is 0 Å². The lowest BCUT2D eigenvalue weighted by molar-refractivity contribution is -0.151. The van der Waals surface area contributed by atoms with E-state index in [1.807, 2.05) is 0 Å². The monoisotopic (exact) mass is 241 g/mol. The lowest BCUT2D eigenvalue weighted by Crippen LogP contribution is -2.59. The Morgan fingerprint density at radius 2 is 1.94 bits per heavy atom. The van der Waals surface area contributed by atoms with Crippen LogP contribution >= 0.6 is 0 Å². The van der Waals surface area contributed by atoms with Crippen LogP contribution in [0.3, 0.4) is 0 Å². The fourth-order valence-electron chi connectivity index (χ4n) is 2.38. The van der Waals surface area contributed by atoms with Gasteiger partial charge in [0, 0.05) is 6.54 Å². The molecule has 0 aromatic heterocycles. The summed E-state index contributed by atoms with van der Waals surface area (Å²) in [5, 5.41) is 11.5. The molecule has 98 valence electrons. The number of nitrogens with one attached hydrogen (secondary N) is 1. The van der Waals surface area contributed by atoms with E-state index in [0.717, 1.165) is 19.3 Å². The number of carboxylic acid groups (broad SMARTS) is 1. The minimum absolute atomic E-state index is 0.0200. The number of carbonyl (C=O) groups excluding carboxylic acids is 1. The van der Waals surface area contributed by atoms with Crippen molar-refractivity contribution in [1.82, 2.24) is 5.32 Å². The molecular weight excluding hydrogens is 218 g/mol. The maximum atomic E-state index is 11.5. The molecule has 1 fully saturated rings. The summed E-state index contributed by atoms with van der Waals surface area (Å²) in [6, 6.07) is 0. The molecule has 0 saturated carbocycles. The van der Waals surface area contributed by atoms with Gasteiger partial charge in [-0.05, 0) is 6.42 Å². The summed E-state index contributed by atoms with van der Waals surface area (Å²) in [5.41, 5.74) is -0.601. The van der Waals surface area contributed by atoms with Gasteiger partial charge < -0.3 is 10.4 Å². The van der Waals surface area contributed by atoms with Crippen LogP contribution in [0.15, 0.2) is 0 Å². The van der Waals surface area contributed by atoms with Crippen molar-refractivity contribution in [2.45, 2.75) is 58.3 Å². The smallest absolute Gasteiger partial charge is 0.304 e. The highest BCUT2D eigenvalue weighted by atomic mass is 16.4. The standard InChI is InChI=1S/C13H23NO3/c1-2-3-4-5-6-7-8-13(9-11(15)16)10-14-12(13)17/h2-10H2,1H3,(H,14,17)(H,15,16). The number of β-lactam (4-membered cyclic amide) rings is 1. The number of aliphatic carboxylic acids is 1. The van der Waals surface area contributed by atoms with Crippen LogP contribution in [0.25, 0.3) is 0 Å². The third-order valence-corrected chi connectivity index (χ3v) is 3.57. The Hall–Kier alpha value is -1.06. The molecule has 1 aliphatic heterocycles. The van der Waals surface area contributed by atoms with Crippen molar-refractivity contribution in [3.63, 3.8) is 0 Å². The quantitative estimate of drug-likeness (QED) is 0.481. The number of carbonyl (C=O) groups is 2. The maximum Gasteiger partial charge on any atom is 0.304 e. The van der Waals surface area contributed by atoms with E-state index in [-0.39, 0.29) is 12.3 Å². The number of amides is 1. The van der Waals surface area contributed by atoms with Gasteiger partial charge in [-0.3, -0.25) is 9.59 Å². The van der Waals surface area contributed by atoms with Crippen molar-refractivity contribution in [3.05, 3.63) is 0 Å². The van der Waals surface area contributed by atoms with Gasteiger partial charge in [-0.1, -0.05) is 45.4 Å². The number of carboxylic acids is 1. The van der Waals surface area contributed by atoms with Crippen molar-refractivity contribution in [2.75, 3.05) is 6.54 Å². The molecule has 4 nitrogen and oxygen atoms in total. The molecule has 0 aliphatic carbocycles. The first-order chi connectivity index (χ1) is 8.10. The first-order valence-corrected chi connectivity index (χ1v) is 6.61. The van der Waals surface area contributed by atoms with Gasteiger partial charge >= 0.3 is 5.97 Å². The molecule has 0 bridgehead atoms. The SMILES string of the molecule is CCCCCCCCC1(CC(=O)O)CNC1=O. The van der Waals surface area contributed by atoms with Gasteiger partial charge in [-0.25, -0.2) is 0 Å². The van der Waals surface area contributed by atoms with E-state index in [0.29, 0.717) is 6.54 Å². The summed E-state index contributed by atoms with van der Waals surface area (Å²) >= 11 is 0. The molecular formula is C13H23NO3. The van der Waals surface area contributed by atoms with Gasteiger partial charge in [0.2, 0.25) is 5.91 Å². The Bertz CT molecular complexity index is 278. The van der Waals surface area contributed by atoms with Gasteiger partial charge in [0.15, 0.2) is 0 Å². The minimum Gasteiger partial charge on any atom is -0.481 e. The van der Waals surface area contributed by atoms with Crippen LogP contribution in [0, 0.1) is 5.41 Å². The minimum atomic E-state index is -0.870. The Morgan fingerprint density at radius 1 is 1.29 bits per heavy atom. The Morgan fingerprint density at radius 3 is 2.41 bits per heavy atom. The van der Waals surface area contributed by atoms with E-state index >= 15 is 0 Å². The molecule has 1 atom stereocenters. The Balaban J connectivity index is 2.22. The molecule has 4 heteroatoms. The molecule has 0 aromatic rings. The fraction of sp³-hybridized carbons (Fsp3) is 0.846. The Labute approximate surface area is 103 Å². The molecule has 0 aromatic carbocycles. The fourth-order valence-corrected chi connectivity index (χ4v) is 2.38. The summed E-state index contributed by atoms with van der Waals surface area (Å²) in [5.74, 6) is -0.945. The van der Waals surface area contributed by atoms with Gasteiger partial charge in [-0.2, -0.15) is 0 Å². The van der Waals surface area contributed by atoms with Gasteiger partial charge in [0.25, 0.3) is 0 Å². The van der Waals surface area contributed by atoms with E-state index in [2.05, 4.69) is 12.2 Å². The largest absolute Gasteiger partial charge is 0.481 e. The first-order valence-electron chi connectivity index (χ1n) is 6.61. The number of unbranched alkanes of at least 4 members (excludes halogenated alkanes) is 5. The number of hydrogen-bond acceptors (Lipinski definition) is 2. The highest BCUT2D eigenvalue weighted by molar-refractivity contribution is 5.92. The molecule has 1 saturated heterocycles. The number of rotatable bonds is 9. The van der Waals surface area contributed by atoms with Crippen molar-refractivity contribution >= 4 is 11.9 Å². The molecule has 1 heterocycles. The lowest BCUT2D eigenvalue weighted by atomic mass is 9.73. The third kappa shape index (κ3) is 4.02. The van der Waals surface area contributed by atoms with Crippen molar-refractivity contribution in [3.8, 4) is 0 Å². The molecule has 1 aliphatic rings. The average molecular weight is 241 g/mol. The van der Waals surface area contributed by atoms with E-state index in [1.165, 1.54) is 25.7 Å². The predicted octanol–water partition coefficient (Wildman–Crippen LogP) is 2.33. The van der Waals surface area contributed by atoms with Crippen LogP contribution in [-0.2, 0) is 9.59 Å². The number of hydrogen-bond donors (Lipinski definition) is 2. The van der Waals surface area contributed by atoms with Crippen molar-refractivity contribution < 1.29 is 14.7 Å². The zero-order chi connectivity index (χ0) is 12.7. The predicted molar refractivity (Wildman–Crippen MR) is 65.7 cm³/mol. The van der Waals surface area contributed by atoms with Crippen LogP contribution in [0.4, 0.5) is 0 Å². The highest BCUT2D eigenvalue weighted by Crippen LogP contribution is 2.34. The molecule has 17 heavy (non-hydrogen) atoms.